The van der Waals surface area contributed by atoms with E-state index in [4.69, 9.17) is 16.3 Å². The molecule has 0 aliphatic rings. The summed E-state index contributed by atoms with van der Waals surface area (Å²) in [7, 11) is 0. The van der Waals surface area contributed by atoms with E-state index in [0.29, 0.717) is 5.88 Å². The molecule has 1 rings (SSSR count). The first kappa shape index (κ1) is 9.96. The lowest BCUT2D eigenvalue weighted by Gasteiger charge is -2.06. The SMILES string of the molecule is CCOC(C)c1nc(CCl)cs1. The predicted molar refractivity (Wildman–Crippen MR) is 51.7 cm³/mol. The van der Waals surface area contributed by atoms with E-state index in [0.717, 1.165) is 17.3 Å². The van der Waals surface area contributed by atoms with Crippen LogP contribution >= 0.6 is 22.9 Å². The van der Waals surface area contributed by atoms with Gasteiger partial charge in [-0.15, -0.1) is 22.9 Å². The van der Waals surface area contributed by atoms with Gasteiger partial charge in [0.15, 0.2) is 0 Å². The summed E-state index contributed by atoms with van der Waals surface area (Å²) >= 11 is 7.23. The van der Waals surface area contributed by atoms with Crippen molar-refractivity contribution in [2.24, 2.45) is 0 Å². The summed E-state index contributed by atoms with van der Waals surface area (Å²) in [5.74, 6) is 0.481. The highest BCUT2D eigenvalue weighted by atomic mass is 35.5. The molecule has 0 N–H and O–H groups in total. The first-order valence-corrected chi connectivity index (χ1v) is 5.31. The molecule has 0 spiro atoms. The molecule has 0 amide bonds. The Bertz CT molecular complexity index is 239. The van der Waals surface area contributed by atoms with Gasteiger partial charge in [-0.25, -0.2) is 4.98 Å². The molecular weight excluding hydrogens is 194 g/mol. The molecule has 4 heteroatoms. The third-order valence-electron chi connectivity index (χ3n) is 1.47. The minimum atomic E-state index is 0.0944. The number of hydrogen-bond acceptors (Lipinski definition) is 3. The molecule has 0 bridgehead atoms. The molecule has 2 nitrogen and oxygen atoms in total. The van der Waals surface area contributed by atoms with Crippen LogP contribution in [0.5, 0.6) is 0 Å². The normalized spacial score (nSPS) is 13.2. The largest absolute Gasteiger partial charge is 0.372 e. The third kappa shape index (κ3) is 2.44. The van der Waals surface area contributed by atoms with Gasteiger partial charge < -0.3 is 4.74 Å². The van der Waals surface area contributed by atoms with Gasteiger partial charge in [0.1, 0.15) is 11.1 Å². The standard InChI is InChI=1S/C8H12ClNOS/c1-3-11-6(2)8-10-7(4-9)5-12-8/h5-6H,3-4H2,1-2H3. The average molecular weight is 206 g/mol. The molecule has 12 heavy (non-hydrogen) atoms. The second kappa shape index (κ2) is 4.80. The molecule has 1 aromatic rings. The van der Waals surface area contributed by atoms with Gasteiger partial charge in [-0.1, -0.05) is 0 Å². The number of hydrogen-bond donors (Lipinski definition) is 0. The molecule has 1 heterocycles. The van der Waals surface area contributed by atoms with Crippen LogP contribution in [-0.4, -0.2) is 11.6 Å². The number of aromatic nitrogens is 1. The molecule has 0 radical (unpaired) electrons. The van der Waals surface area contributed by atoms with Gasteiger partial charge in [0.2, 0.25) is 0 Å². The van der Waals surface area contributed by atoms with Gasteiger partial charge in [-0.3, -0.25) is 0 Å². The van der Waals surface area contributed by atoms with Crippen molar-refractivity contribution in [1.29, 1.82) is 0 Å². The summed E-state index contributed by atoms with van der Waals surface area (Å²) in [5.41, 5.74) is 0.934. The quantitative estimate of drug-likeness (QED) is 0.706. The zero-order valence-corrected chi connectivity index (χ0v) is 8.78. The fourth-order valence-corrected chi connectivity index (χ4v) is 1.94. The highest BCUT2D eigenvalue weighted by Gasteiger charge is 2.09. The zero-order valence-electron chi connectivity index (χ0n) is 7.21. The van der Waals surface area contributed by atoms with E-state index in [2.05, 4.69) is 4.98 Å². The van der Waals surface area contributed by atoms with E-state index in [1.54, 1.807) is 11.3 Å². The van der Waals surface area contributed by atoms with Crippen LogP contribution < -0.4 is 0 Å². The van der Waals surface area contributed by atoms with Crippen LogP contribution in [0.15, 0.2) is 5.38 Å². The van der Waals surface area contributed by atoms with Crippen LogP contribution in [0.1, 0.15) is 30.7 Å². The van der Waals surface area contributed by atoms with Gasteiger partial charge in [-0.05, 0) is 13.8 Å². The lowest BCUT2D eigenvalue weighted by molar-refractivity contribution is 0.0761. The molecule has 0 saturated carbocycles. The summed E-state index contributed by atoms with van der Waals surface area (Å²) < 4.78 is 5.39. The van der Waals surface area contributed by atoms with Crippen molar-refractivity contribution in [1.82, 2.24) is 4.98 Å². The second-order valence-corrected chi connectivity index (χ2v) is 3.57. The van der Waals surface area contributed by atoms with E-state index in [-0.39, 0.29) is 6.10 Å². The average Bonchev–Trinajstić information content (AvgIpc) is 2.52. The molecule has 1 aromatic heterocycles. The lowest BCUT2D eigenvalue weighted by Crippen LogP contribution is -1.98. The van der Waals surface area contributed by atoms with Gasteiger partial charge in [0, 0.05) is 12.0 Å². The minimum Gasteiger partial charge on any atom is -0.372 e. The van der Waals surface area contributed by atoms with Crippen molar-refractivity contribution in [3.8, 4) is 0 Å². The number of thiazole rings is 1. The molecule has 1 unspecified atom stereocenters. The van der Waals surface area contributed by atoms with Crippen LogP contribution in [0.4, 0.5) is 0 Å². The maximum atomic E-state index is 5.63. The third-order valence-corrected chi connectivity index (χ3v) is 2.80. The fourth-order valence-electron chi connectivity index (χ4n) is 0.892. The number of halogens is 1. The van der Waals surface area contributed by atoms with Crippen molar-refractivity contribution >= 4 is 22.9 Å². The van der Waals surface area contributed by atoms with Gasteiger partial charge in [0.05, 0.1) is 11.6 Å². The lowest BCUT2D eigenvalue weighted by atomic mass is 10.4. The number of alkyl halides is 1. The van der Waals surface area contributed by atoms with Crippen LogP contribution in [0.3, 0.4) is 0 Å². The van der Waals surface area contributed by atoms with Gasteiger partial charge in [-0.2, -0.15) is 0 Å². The highest BCUT2D eigenvalue weighted by molar-refractivity contribution is 7.09. The van der Waals surface area contributed by atoms with Crippen molar-refractivity contribution in [2.45, 2.75) is 25.8 Å². The predicted octanol–water partition coefficient (Wildman–Crippen LogP) is 2.98. The van der Waals surface area contributed by atoms with E-state index < -0.39 is 0 Å². The molecule has 68 valence electrons. The molecule has 1 atom stereocenters. The van der Waals surface area contributed by atoms with E-state index in [1.807, 2.05) is 19.2 Å². The van der Waals surface area contributed by atoms with Crippen LogP contribution in [0.2, 0.25) is 0 Å². The van der Waals surface area contributed by atoms with Crippen LogP contribution in [0, 0.1) is 0 Å². The minimum absolute atomic E-state index is 0.0944. The highest BCUT2D eigenvalue weighted by Crippen LogP contribution is 2.21. The Morgan fingerprint density at radius 2 is 2.50 bits per heavy atom. The molecule has 0 fully saturated rings. The van der Waals surface area contributed by atoms with Gasteiger partial charge in [0.25, 0.3) is 0 Å². The topological polar surface area (TPSA) is 22.1 Å². The van der Waals surface area contributed by atoms with Crippen LogP contribution in [-0.2, 0) is 10.6 Å². The molecule has 0 saturated heterocycles. The Morgan fingerprint density at radius 1 is 1.75 bits per heavy atom. The Hall–Kier alpha value is -0.120. The first-order valence-electron chi connectivity index (χ1n) is 3.89. The monoisotopic (exact) mass is 205 g/mol. The van der Waals surface area contributed by atoms with E-state index in [1.165, 1.54) is 0 Å². The van der Waals surface area contributed by atoms with E-state index >= 15 is 0 Å². The maximum absolute atomic E-state index is 5.63. The Balaban J connectivity index is 2.61. The fraction of sp³-hybridized carbons (Fsp3) is 0.625. The summed E-state index contributed by atoms with van der Waals surface area (Å²) in [4.78, 5) is 4.31. The van der Waals surface area contributed by atoms with Crippen molar-refractivity contribution in [3.05, 3.63) is 16.1 Å². The summed E-state index contributed by atoms with van der Waals surface area (Å²) in [6, 6.07) is 0. The van der Waals surface area contributed by atoms with Crippen molar-refractivity contribution in [2.75, 3.05) is 6.61 Å². The summed E-state index contributed by atoms with van der Waals surface area (Å²) in [5, 5.41) is 2.98. The van der Waals surface area contributed by atoms with Crippen LogP contribution in [0.25, 0.3) is 0 Å². The smallest absolute Gasteiger partial charge is 0.122 e. The first-order chi connectivity index (χ1) is 5.77. The maximum Gasteiger partial charge on any atom is 0.122 e. The van der Waals surface area contributed by atoms with Crippen molar-refractivity contribution < 1.29 is 4.74 Å². The van der Waals surface area contributed by atoms with E-state index in [9.17, 15) is 0 Å². The molecule has 0 aliphatic carbocycles. The van der Waals surface area contributed by atoms with Crippen molar-refractivity contribution in [3.63, 3.8) is 0 Å². The Kier molecular flexibility index (Phi) is 3.98. The number of nitrogens with zero attached hydrogens (tertiary/aromatic N) is 1. The summed E-state index contributed by atoms with van der Waals surface area (Å²) in [6.45, 7) is 4.70. The zero-order chi connectivity index (χ0) is 8.97. The Morgan fingerprint density at radius 3 is 3.00 bits per heavy atom. The summed E-state index contributed by atoms with van der Waals surface area (Å²) in [6.07, 6.45) is 0.0944. The second-order valence-electron chi connectivity index (χ2n) is 2.41. The molecular formula is C8H12ClNOS. The molecule has 0 aromatic carbocycles. The Labute approximate surface area is 81.5 Å². The van der Waals surface area contributed by atoms with Gasteiger partial charge >= 0.3 is 0 Å². The number of rotatable bonds is 4. The number of ether oxygens (including phenoxy) is 1. The molecule has 0 aliphatic heterocycles.